The Labute approximate surface area is 132 Å². The van der Waals surface area contributed by atoms with Crippen molar-refractivity contribution < 1.29 is 19.4 Å². The zero-order valence-electron chi connectivity index (χ0n) is 12.4. The molecule has 7 heteroatoms. The van der Waals surface area contributed by atoms with Gasteiger partial charge in [0.25, 0.3) is 11.8 Å². The summed E-state index contributed by atoms with van der Waals surface area (Å²) in [6.07, 6.45) is 1.23. The number of carbonyl (C=O) groups is 2. The van der Waals surface area contributed by atoms with Crippen molar-refractivity contribution >= 4 is 28.4 Å². The molecular weight excluding hydrogens is 298 g/mol. The summed E-state index contributed by atoms with van der Waals surface area (Å²) in [7, 11) is 1.55. The molecule has 1 aromatic heterocycles. The number of hydrogen-bond donors (Lipinski definition) is 2. The van der Waals surface area contributed by atoms with E-state index in [1.807, 2.05) is 12.1 Å². The number of aromatic nitrogens is 1. The molecule has 0 saturated carbocycles. The van der Waals surface area contributed by atoms with Crippen LogP contribution in [0.3, 0.4) is 0 Å². The van der Waals surface area contributed by atoms with Gasteiger partial charge in [-0.25, -0.2) is 4.98 Å². The molecular formula is C16H15N3O4. The van der Waals surface area contributed by atoms with Gasteiger partial charge in [0.15, 0.2) is 0 Å². The number of nitrogens with one attached hydrogen (secondary N) is 1. The molecule has 3 rings (SSSR count). The number of imide groups is 1. The summed E-state index contributed by atoms with van der Waals surface area (Å²) in [6, 6.07) is 9.00. The van der Waals surface area contributed by atoms with Crippen LogP contribution in [0.15, 0.2) is 42.1 Å². The summed E-state index contributed by atoms with van der Waals surface area (Å²) in [5.74, 6) is -0.354. The quantitative estimate of drug-likeness (QED) is 0.797. The lowest BCUT2D eigenvalue weighted by Gasteiger charge is -2.13. The Kier molecular flexibility index (Phi) is 3.94. The molecule has 1 aromatic carbocycles. The first-order chi connectivity index (χ1) is 11.1. The van der Waals surface area contributed by atoms with Crippen LogP contribution < -0.4 is 10.1 Å². The van der Waals surface area contributed by atoms with Gasteiger partial charge in [0.05, 0.1) is 25.8 Å². The van der Waals surface area contributed by atoms with Gasteiger partial charge in [-0.3, -0.25) is 14.5 Å². The van der Waals surface area contributed by atoms with Gasteiger partial charge in [0.2, 0.25) is 5.88 Å². The first-order valence-electron chi connectivity index (χ1n) is 7.02. The van der Waals surface area contributed by atoms with Gasteiger partial charge in [0.1, 0.15) is 5.70 Å². The van der Waals surface area contributed by atoms with Crippen LogP contribution in [0.1, 0.15) is 0 Å². The molecule has 0 saturated heterocycles. The van der Waals surface area contributed by atoms with Crippen molar-refractivity contribution in [3.63, 3.8) is 0 Å². The SMILES string of the molecule is COc1ccc2cc(NC3=CC(=O)N(CCO)C3=O)ccc2n1. The molecule has 1 aliphatic heterocycles. The monoisotopic (exact) mass is 313 g/mol. The fourth-order valence-corrected chi connectivity index (χ4v) is 2.36. The number of carbonyl (C=O) groups excluding carboxylic acids is 2. The fraction of sp³-hybridized carbons (Fsp3) is 0.188. The average Bonchev–Trinajstić information content (AvgIpc) is 2.82. The predicted octanol–water partition coefficient (Wildman–Crippen LogP) is 0.900. The highest BCUT2D eigenvalue weighted by Crippen LogP contribution is 2.23. The van der Waals surface area contributed by atoms with Gasteiger partial charge in [-0.2, -0.15) is 0 Å². The second-order valence-electron chi connectivity index (χ2n) is 4.96. The zero-order valence-corrected chi connectivity index (χ0v) is 12.4. The first-order valence-corrected chi connectivity index (χ1v) is 7.02. The Morgan fingerprint density at radius 1 is 1.26 bits per heavy atom. The maximum atomic E-state index is 12.1. The van der Waals surface area contributed by atoms with Crippen LogP contribution in [-0.2, 0) is 9.59 Å². The highest BCUT2D eigenvalue weighted by atomic mass is 16.5. The van der Waals surface area contributed by atoms with Crippen molar-refractivity contribution in [3.8, 4) is 5.88 Å². The maximum absolute atomic E-state index is 12.1. The van der Waals surface area contributed by atoms with Crippen LogP contribution in [0.2, 0.25) is 0 Å². The van der Waals surface area contributed by atoms with Crippen LogP contribution >= 0.6 is 0 Å². The van der Waals surface area contributed by atoms with E-state index >= 15 is 0 Å². The number of β-amino-alcohol motifs (C(OH)–C–C–N with tert-alkyl or cyclic N) is 1. The van der Waals surface area contributed by atoms with Gasteiger partial charge in [-0.15, -0.1) is 0 Å². The average molecular weight is 313 g/mol. The molecule has 0 spiro atoms. The number of benzene rings is 1. The van der Waals surface area contributed by atoms with Crippen molar-refractivity contribution in [1.82, 2.24) is 9.88 Å². The number of rotatable bonds is 5. The molecule has 7 nitrogen and oxygen atoms in total. The smallest absolute Gasteiger partial charge is 0.277 e. The first kappa shape index (κ1) is 15.0. The largest absolute Gasteiger partial charge is 0.481 e. The lowest BCUT2D eigenvalue weighted by Crippen LogP contribution is -2.34. The van der Waals surface area contributed by atoms with E-state index < -0.39 is 11.8 Å². The summed E-state index contributed by atoms with van der Waals surface area (Å²) in [5, 5.41) is 12.7. The Morgan fingerprint density at radius 2 is 2.09 bits per heavy atom. The standard InChI is InChI=1S/C16H15N3O4/c1-23-14-5-2-10-8-11(3-4-12(10)18-14)17-13-9-15(21)19(6-7-20)16(13)22/h2-5,8-9,17,20H,6-7H2,1H3. The minimum absolute atomic E-state index is 0.0131. The molecule has 23 heavy (non-hydrogen) atoms. The molecule has 0 fully saturated rings. The number of aliphatic hydroxyl groups is 1. The van der Waals surface area contributed by atoms with Gasteiger partial charge >= 0.3 is 0 Å². The van der Waals surface area contributed by atoms with E-state index in [4.69, 9.17) is 9.84 Å². The molecule has 2 N–H and O–H groups in total. The van der Waals surface area contributed by atoms with Gasteiger partial charge in [-0.05, 0) is 24.3 Å². The number of methoxy groups -OCH3 is 1. The molecule has 2 heterocycles. The predicted molar refractivity (Wildman–Crippen MR) is 83.8 cm³/mol. The summed E-state index contributed by atoms with van der Waals surface area (Å²) in [6.45, 7) is -0.275. The van der Waals surface area contributed by atoms with Gasteiger partial charge in [-0.1, -0.05) is 0 Å². The van der Waals surface area contributed by atoms with E-state index in [-0.39, 0.29) is 18.8 Å². The van der Waals surface area contributed by atoms with Crippen molar-refractivity contribution in [2.75, 3.05) is 25.6 Å². The third-order valence-corrected chi connectivity index (χ3v) is 3.48. The third-order valence-electron chi connectivity index (χ3n) is 3.48. The van der Waals surface area contributed by atoms with E-state index in [0.717, 1.165) is 15.8 Å². The van der Waals surface area contributed by atoms with E-state index in [1.54, 1.807) is 25.3 Å². The number of amides is 2. The Morgan fingerprint density at radius 3 is 2.83 bits per heavy atom. The van der Waals surface area contributed by atoms with Crippen LogP contribution in [0.25, 0.3) is 10.9 Å². The number of fused-ring (bicyclic) bond motifs is 1. The summed E-state index contributed by atoms with van der Waals surface area (Å²) < 4.78 is 5.08. The minimum Gasteiger partial charge on any atom is -0.481 e. The second-order valence-corrected chi connectivity index (χ2v) is 4.96. The third kappa shape index (κ3) is 2.86. The fourth-order valence-electron chi connectivity index (χ4n) is 2.36. The van der Waals surface area contributed by atoms with E-state index in [1.165, 1.54) is 6.08 Å². The van der Waals surface area contributed by atoms with E-state index in [2.05, 4.69) is 10.3 Å². The summed E-state index contributed by atoms with van der Waals surface area (Å²) in [5.41, 5.74) is 1.62. The van der Waals surface area contributed by atoms with Gasteiger partial charge < -0.3 is 15.2 Å². The topological polar surface area (TPSA) is 91.8 Å². The van der Waals surface area contributed by atoms with Crippen molar-refractivity contribution in [2.45, 2.75) is 0 Å². The lowest BCUT2D eigenvalue weighted by molar-refractivity contribution is -0.137. The van der Waals surface area contributed by atoms with Crippen molar-refractivity contribution in [2.24, 2.45) is 0 Å². The summed E-state index contributed by atoms with van der Waals surface area (Å²) in [4.78, 5) is 29.1. The van der Waals surface area contributed by atoms with Crippen LogP contribution in [0.4, 0.5) is 5.69 Å². The van der Waals surface area contributed by atoms with E-state index in [9.17, 15) is 9.59 Å². The highest BCUT2D eigenvalue weighted by Gasteiger charge is 2.30. The Bertz CT molecular complexity index is 816. The number of pyridine rings is 1. The van der Waals surface area contributed by atoms with E-state index in [0.29, 0.717) is 11.6 Å². The van der Waals surface area contributed by atoms with Gasteiger partial charge in [0, 0.05) is 23.2 Å². The summed E-state index contributed by atoms with van der Waals surface area (Å²) >= 11 is 0. The highest BCUT2D eigenvalue weighted by molar-refractivity contribution is 6.17. The molecule has 2 amide bonds. The van der Waals surface area contributed by atoms with Crippen molar-refractivity contribution in [3.05, 3.63) is 42.1 Å². The molecule has 0 bridgehead atoms. The Hall–Kier alpha value is -2.93. The number of ether oxygens (including phenoxy) is 1. The van der Waals surface area contributed by atoms with Crippen LogP contribution in [0, 0.1) is 0 Å². The molecule has 0 radical (unpaired) electrons. The normalized spacial score (nSPS) is 14.3. The minimum atomic E-state index is -0.447. The Balaban J connectivity index is 1.83. The molecule has 0 atom stereocenters. The van der Waals surface area contributed by atoms with Crippen LogP contribution in [0.5, 0.6) is 5.88 Å². The zero-order chi connectivity index (χ0) is 16.4. The number of hydrogen-bond acceptors (Lipinski definition) is 6. The number of anilines is 1. The lowest BCUT2D eigenvalue weighted by atomic mass is 10.2. The molecule has 1 aliphatic rings. The number of nitrogens with zero attached hydrogens (tertiary/aromatic N) is 2. The second kappa shape index (κ2) is 6.05. The maximum Gasteiger partial charge on any atom is 0.277 e. The molecule has 0 unspecified atom stereocenters. The molecule has 2 aromatic rings. The molecule has 118 valence electrons. The van der Waals surface area contributed by atoms with Crippen LogP contribution in [-0.4, -0.2) is 47.1 Å². The van der Waals surface area contributed by atoms with Crippen molar-refractivity contribution in [1.29, 1.82) is 0 Å². The molecule has 0 aliphatic carbocycles. The number of aliphatic hydroxyl groups excluding tert-OH is 1.